The fourth-order valence-corrected chi connectivity index (χ4v) is 3.39. The lowest BCUT2D eigenvalue weighted by Crippen LogP contribution is -2.27. The van der Waals surface area contributed by atoms with Gasteiger partial charge >= 0.3 is 5.97 Å². The summed E-state index contributed by atoms with van der Waals surface area (Å²) >= 11 is 0. The molecular formula is C22H28FNO6S. The average molecular weight is 454 g/mol. The van der Waals surface area contributed by atoms with E-state index in [0.29, 0.717) is 17.9 Å². The molecule has 0 radical (unpaired) electrons. The van der Waals surface area contributed by atoms with E-state index in [-0.39, 0.29) is 29.0 Å². The maximum absolute atomic E-state index is 12.9. The second-order valence-electron chi connectivity index (χ2n) is 7.51. The van der Waals surface area contributed by atoms with Gasteiger partial charge in [0.15, 0.2) is 9.84 Å². The van der Waals surface area contributed by atoms with E-state index in [2.05, 4.69) is 5.32 Å². The van der Waals surface area contributed by atoms with Crippen LogP contribution in [0.2, 0.25) is 0 Å². The van der Waals surface area contributed by atoms with Crippen LogP contribution in [0.25, 0.3) is 0 Å². The van der Waals surface area contributed by atoms with Crippen molar-refractivity contribution in [2.45, 2.75) is 44.7 Å². The van der Waals surface area contributed by atoms with Crippen LogP contribution < -0.4 is 5.32 Å². The summed E-state index contributed by atoms with van der Waals surface area (Å²) in [5, 5.41) is 20.4. The zero-order valence-electron chi connectivity index (χ0n) is 17.9. The Balaban J connectivity index is 0.000000327. The number of aromatic carboxylic acids is 1. The number of carboxylic acids is 1. The molecule has 1 amide bonds. The minimum atomic E-state index is -3.55. The molecule has 9 heteroatoms. The minimum Gasteiger partial charge on any atom is -0.478 e. The van der Waals surface area contributed by atoms with Gasteiger partial charge in [0.05, 0.1) is 18.2 Å². The van der Waals surface area contributed by atoms with Crippen molar-refractivity contribution in [3.63, 3.8) is 0 Å². The Hall–Kier alpha value is -2.78. The molecule has 0 saturated carbocycles. The van der Waals surface area contributed by atoms with Gasteiger partial charge in [-0.25, -0.2) is 17.6 Å². The molecule has 0 bridgehead atoms. The lowest BCUT2D eigenvalue weighted by molar-refractivity contribution is -0.122. The summed E-state index contributed by atoms with van der Waals surface area (Å²) in [6.45, 7) is 5.56. The molecule has 31 heavy (non-hydrogen) atoms. The first-order valence-electron chi connectivity index (χ1n) is 9.57. The lowest BCUT2D eigenvalue weighted by atomic mass is 10.1. The number of sulfone groups is 1. The van der Waals surface area contributed by atoms with Crippen molar-refractivity contribution in [1.82, 2.24) is 5.32 Å². The molecular weight excluding hydrogens is 425 g/mol. The summed E-state index contributed by atoms with van der Waals surface area (Å²) in [6, 6.07) is 9.93. The zero-order valence-corrected chi connectivity index (χ0v) is 18.7. The van der Waals surface area contributed by atoms with Crippen LogP contribution in [0.3, 0.4) is 0 Å². The number of halogens is 1. The van der Waals surface area contributed by atoms with E-state index in [4.69, 9.17) is 10.2 Å². The molecule has 2 aromatic rings. The van der Waals surface area contributed by atoms with Crippen LogP contribution >= 0.6 is 0 Å². The maximum atomic E-state index is 12.9. The molecule has 2 aromatic carbocycles. The standard InChI is InChI=1S/C14H19NO3.C8H9FO3S/c1-9(2)8-13(16)15-10(3)11-4-6-12(7-5-11)14(17)18;1-13(11,12)8-4-6(5-10)2-3-7(8)9/h4-7,9-10H,8H2,1-3H3,(H,15,16)(H,17,18);2-4,10H,5H2,1H3. The maximum Gasteiger partial charge on any atom is 0.335 e. The number of rotatable bonds is 7. The molecule has 0 aliphatic heterocycles. The third-order valence-corrected chi connectivity index (χ3v) is 5.32. The highest BCUT2D eigenvalue weighted by molar-refractivity contribution is 7.90. The van der Waals surface area contributed by atoms with Crippen molar-refractivity contribution in [3.05, 3.63) is 65.0 Å². The highest BCUT2D eigenvalue weighted by Gasteiger charge is 2.14. The van der Waals surface area contributed by atoms with E-state index in [1.54, 1.807) is 24.3 Å². The Labute approximate surface area is 181 Å². The Morgan fingerprint density at radius 3 is 2.10 bits per heavy atom. The number of carbonyl (C=O) groups excluding carboxylic acids is 1. The highest BCUT2D eigenvalue weighted by atomic mass is 32.2. The van der Waals surface area contributed by atoms with Crippen LogP contribution in [0.4, 0.5) is 4.39 Å². The molecule has 1 atom stereocenters. The molecule has 0 aromatic heterocycles. The van der Waals surface area contributed by atoms with E-state index < -0.39 is 21.6 Å². The quantitative estimate of drug-likeness (QED) is 0.591. The topological polar surface area (TPSA) is 121 Å². The van der Waals surface area contributed by atoms with Crippen LogP contribution in [0.15, 0.2) is 47.4 Å². The predicted octanol–water partition coefficient (Wildman–Crippen LogP) is 3.33. The smallest absolute Gasteiger partial charge is 0.335 e. The Morgan fingerprint density at radius 1 is 1.06 bits per heavy atom. The molecule has 0 aliphatic carbocycles. The van der Waals surface area contributed by atoms with E-state index in [1.165, 1.54) is 6.07 Å². The van der Waals surface area contributed by atoms with Gasteiger partial charge in [0.25, 0.3) is 0 Å². The number of aliphatic hydroxyl groups is 1. The number of amides is 1. The molecule has 0 aliphatic rings. The predicted molar refractivity (Wildman–Crippen MR) is 115 cm³/mol. The van der Waals surface area contributed by atoms with Crippen LogP contribution in [0.5, 0.6) is 0 Å². The largest absolute Gasteiger partial charge is 0.478 e. The molecule has 0 spiro atoms. The van der Waals surface area contributed by atoms with Crippen molar-refractivity contribution in [1.29, 1.82) is 0 Å². The lowest BCUT2D eigenvalue weighted by Gasteiger charge is -2.15. The van der Waals surface area contributed by atoms with E-state index >= 15 is 0 Å². The monoisotopic (exact) mass is 453 g/mol. The third-order valence-electron chi connectivity index (χ3n) is 4.21. The number of aliphatic hydroxyl groups excluding tert-OH is 1. The number of nitrogens with one attached hydrogen (secondary N) is 1. The summed E-state index contributed by atoms with van der Waals surface area (Å²) in [7, 11) is -3.55. The molecule has 170 valence electrons. The summed E-state index contributed by atoms with van der Waals surface area (Å²) in [6.07, 6.45) is 1.42. The molecule has 7 nitrogen and oxygen atoms in total. The molecule has 0 fully saturated rings. The molecule has 1 unspecified atom stereocenters. The van der Waals surface area contributed by atoms with Gasteiger partial charge in [-0.3, -0.25) is 4.79 Å². The summed E-state index contributed by atoms with van der Waals surface area (Å²) in [5.41, 5.74) is 1.53. The Morgan fingerprint density at radius 2 is 1.65 bits per heavy atom. The van der Waals surface area contributed by atoms with Crippen LogP contribution in [-0.2, 0) is 21.2 Å². The summed E-state index contributed by atoms with van der Waals surface area (Å²) < 4.78 is 34.9. The van der Waals surface area contributed by atoms with Gasteiger partial charge in [0, 0.05) is 12.7 Å². The van der Waals surface area contributed by atoms with Gasteiger partial charge in [0.2, 0.25) is 5.91 Å². The van der Waals surface area contributed by atoms with Crippen molar-refractivity contribution in [2.24, 2.45) is 5.92 Å². The second-order valence-corrected chi connectivity index (χ2v) is 9.49. The van der Waals surface area contributed by atoms with Gasteiger partial charge in [0.1, 0.15) is 10.7 Å². The summed E-state index contributed by atoms with van der Waals surface area (Å²) in [5.74, 6) is -1.40. The van der Waals surface area contributed by atoms with Gasteiger partial charge in [-0.05, 0) is 48.2 Å². The zero-order chi connectivity index (χ0) is 23.8. The fraction of sp³-hybridized carbons (Fsp3) is 0.364. The van der Waals surface area contributed by atoms with Crippen LogP contribution in [-0.4, -0.2) is 36.8 Å². The van der Waals surface area contributed by atoms with Crippen LogP contribution in [0, 0.1) is 11.7 Å². The first-order valence-corrected chi connectivity index (χ1v) is 11.5. The SMILES string of the molecule is CC(C)CC(=O)NC(C)c1ccc(C(=O)O)cc1.CS(=O)(=O)c1cc(CO)ccc1F. The fourth-order valence-electron chi connectivity index (χ4n) is 2.60. The normalized spacial score (nSPS) is 12.0. The van der Waals surface area contributed by atoms with Crippen molar-refractivity contribution < 1.29 is 32.6 Å². The number of carbonyl (C=O) groups is 2. The van der Waals surface area contributed by atoms with Crippen molar-refractivity contribution in [3.8, 4) is 0 Å². The van der Waals surface area contributed by atoms with Crippen LogP contribution in [0.1, 0.15) is 54.7 Å². The van der Waals surface area contributed by atoms with Gasteiger partial charge in [-0.15, -0.1) is 0 Å². The van der Waals surface area contributed by atoms with Gasteiger partial charge < -0.3 is 15.5 Å². The first kappa shape index (κ1) is 26.3. The minimum absolute atomic E-state index is 0.0137. The molecule has 3 N–H and O–H groups in total. The molecule has 0 saturated heterocycles. The van der Waals surface area contributed by atoms with E-state index in [0.717, 1.165) is 24.0 Å². The van der Waals surface area contributed by atoms with Crippen molar-refractivity contribution >= 4 is 21.7 Å². The van der Waals surface area contributed by atoms with E-state index in [9.17, 15) is 22.4 Å². The first-order chi connectivity index (χ1) is 14.3. The Bertz CT molecular complexity index is 1000. The van der Waals surface area contributed by atoms with Gasteiger partial charge in [-0.1, -0.05) is 32.0 Å². The number of benzene rings is 2. The number of hydrogen-bond acceptors (Lipinski definition) is 5. The number of carboxylic acid groups (broad SMARTS) is 1. The third kappa shape index (κ3) is 8.85. The van der Waals surface area contributed by atoms with Crippen molar-refractivity contribution in [2.75, 3.05) is 6.26 Å². The van der Waals surface area contributed by atoms with E-state index in [1.807, 2.05) is 20.8 Å². The second kappa shape index (κ2) is 11.6. The average Bonchev–Trinajstić information content (AvgIpc) is 2.67. The Kier molecular flexibility index (Phi) is 9.80. The molecule has 2 rings (SSSR count). The van der Waals surface area contributed by atoms with Gasteiger partial charge in [-0.2, -0.15) is 0 Å². The molecule has 0 heterocycles. The summed E-state index contributed by atoms with van der Waals surface area (Å²) in [4.78, 5) is 21.9. The highest BCUT2D eigenvalue weighted by Crippen LogP contribution is 2.16. The number of hydrogen-bond donors (Lipinski definition) is 3.